The van der Waals surface area contributed by atoms with Crippen LogP contribution in [0.5, 0.6) is 0 Å². The maximum Gasteiger partial charge on any atom is 0.161 e. The smallest absolute Gasteiger partial charge is 0.161 e. The molecule has 1 aliphatic heterocycles. The van der Waals surface area contributed by atoms with Crippen molar-refractivity contribution in [1.29, 1.82) is 0 Å². The summed E-state index contributed by atoms with van der Waals surface area (Å²) in [6, 6.07) is 10.6. The molecular formula is C21H29N3O2. The summed E-state index contributed by atoms with van der Waals surface area (Å²) < 4.78 is 7.95. The van der Waals surface area contributed by atoms with Crippen LogP contribution in [0.25, 0.3) is 0 Å². The van der Waals surface area contributed by atoms with Gasteiger partial charge in [0, 0.05) is 25.7 Å². The Morgan fingerprint density at radius 1 is 1.23 bits per heavy atom. The molecule has 1 saturated carbocycles. The van der Waals surface area contributed by atoms with E-state index < -0.39 is 0 Å². The number of hydrogen-bond acceptors (Lipinski definition) is 4. The molecule has 0 radical (unpaired) electrons. The van der Waals surface area contributed by atoms with Crippen LogP contribution in [0.3, 0.4) is 0 Å². The van der Waals surface area contributed by atoms with Crippen LogP contribution in [0.2, 0.25) is 0 Å². The summed E-state index contributed by atoms with van der Waals surface area (Å²) in [6.45, 7) is 5.98. The highest BCUT2D eigenvalue weighted by Gasteiger charge is 2.50. The third-order valence-corrected chi connectivity index (χ3v) is 5.80. The minimum atomic E-state index is -0.118. The Hall–Kier alpha value is -1.72. The van der Waals surface area contributed by atoms with Crippen LogP contribution in [-0.2, 0) is 16.7 Å². The molecule has 2 heterocycles. The number of hydrogen-bond donors (Lipinski definition) is 1. The first-order valence-electron chi connectivity index (χ1n) is 9.80. The molecule has 140 valence electrons. The Kier molecular flexibility index (Phi) is 4.61. The van der Waals surface area contributed by atoms with Crippen molar-refractivity contribution in [2.75, 3.05) is 13.2 Å². The largest absolute Gasteiger partial charge is 0.396 e. The van der Waals surface area contributed by atoms with E-state index in [1.165, 1.54) is 5.56 Å². The summed E-state index contributed by atoms with van der Waals surface area (Å²) in [5.41, 5.74) is 1.19. The first-order valence-corrected chi connectivity index (χ1v) is 9.80. The van der Waals surface area contributed by atoms with Crippen molar-refractivity contribution in [3.8, 4) is 0 Å². The van der Waals surface area contributed by atoms with E-state index in [1.807, 2.05) is 0 Å². The van der Waals surface area contributed by atoms with E-state index in [1.54, 1.807) is 0 Å². The van der Waals surface area contributed by atoms with Crippen molar-refractivity contribution in [3.05, 3.63) is 47.5 Å². The number of nitrogens with zero attached hydrogens (tertiary/aromatic N) is 3. The van der Waals surface area contributed by atoms with Gasteiger partial charge in [-0.1, -0.05) is 30.3 Å². The lowest BCUT2D eigenvalue weighted by Crippen LogP contribution is -2.34. The molecule has 1 N–H and O–H groups in total. The molecule has 2 aliphatic rings. The van der Waals surface area contributed by atoms with Gasteiger partial charge in [-0.3, -0.25) is 0 Å². The van der Waals surface area contributed by atoms with E-state index in [9.17, 15) is 5.11 Å². The fourth-order valence-electron chi connectivity index (χ4n) is 4.22. The Labute approximate surface area is 155 Å². The standard InChI is InChI=1S/C21H29N3O2/c1-20(2)15-16(9-14-26-20)18-22-19(23-24(18)12-6-13-25)21(10-11-21)17-7-4-3-5-8-17/h3-5,7-8,16,25H,6,9-15H2,1-2H3/t16-/m1/s1. The Morgan fingerprint density at radius 2 is 2.00 bits per heavy atom. The summed E-state index contributed by atoms with van der Waals surface area (Å²) >= 11 is 0. The monoisotopic (exact) mass is 355 g/mol. The van der Waals surface area contributed by atoms with Crippen LogP contribution in [0.15, 0.2) is 30.3 Å². The van der Waals surface area contributed by atoms with Crippen LogP contribution >= 0.6 is 0 Å². The second kappa shape index (κ2) is 6.78. The van der Waals surface area contributed by atoms with Crippen molar-refractivity contribution in [1.82, 2.24) is 14.8 Å². The molecule has 0 unspecified atom stereocenters. The Morgan fingerprint density at radius 3 is 2.65 bits per heavy atom. The zero-order valence-electron chi connectivity index (χ0n) is 15.8. The molecule has 4 rings (SSSR count). The van der Waals surface area contributed by atoms with Gasteiger partial charge in [0.15, 0.2) is 5.82 Å². The van der Waals surface area contributed by atoms with E-state index in [4.69, 9.17) is 14.8 Å². The summed E-state index contributed by atoms with van der Waals surface area (Å²) in [4.78, 5) is 5.08. The van der Waals surface area contributed by atoms with E-state index >= 15 is 0 Å². The molecule has 1 saturated heterocycles. The Balaban J connectivity index is 1.68. The third kappa shape index (κ3) is 3.30. The Bertz CT molecular complexity index is 750. The molecule has 0 bridgehead atoms. The van der Waals surface area contributed by atoms with Gasteiger partial charge in [0.2, 0.25) is 0 Å². The van der Waals surface area contributed by atoms with Crippen molar-refractivity contribution < 1.29 is 9.84 Å². The molecule has 0 amide bonds. The number of aromatic nitrogens is 3. The van der Waals surface area contributed by atoms with Crippen molar-refractivity contribution >= 4 is 0 Å². The molecule has 0 spiro atoms. The molecule has 2 aromatic rings. The van der Waals surface area contributed by atoms with E-state index in [0.29, 0.717) is 12.3 Å². The maximum atomic E-state index is 9.29. The van der Waals surface area contributed by atoms with Crippen LogP contribution < -0.4 is 0 Å². The average molecular weight is 355 g/mol. The highest BCUT2D eigenvalue weighted by Crippen LogP contribution is 2.52. The second-order valence-corrected chi connectivity index (χ2v) is 8.34. The predicted molar refractivity (Wildman–Crippen MR) is 100 cm³/mol. The number of rotatable bonds is 6. The van der Waals surface area contributed by atoms with Gasteiger partial charge in [0.25, 0.3) is 0 Å². The zero-order chi connectivity index (χ0) is 18.2. The highest BCUT2D eigenvalue weighted by atomic mass is 16.5. The fourth-order valence-corrected chi connectivity index (χ4v) is 4.22. The third-order valence-electron chi connectivity index (χ3n) is 5.80. The molecule has 1 aliphatic carbocycles. The zero-order valence-corrected chi connectivity index (χ0v) is 15.8. The van der Waals surface area contributed by atoms with Crippen LogP contribution in [-0.4, -0.2) is 38.7 Å². The van der Waals surface area contributed by atoms with Crippen molar-refractivity contribution in [2.45, 2.75) is 69.4 Å². The normalized spacial score (nSPS) is 23.7. The van der Waals surface area contributed by atoms with E-state index in [-0.39, 0.29) is 17.6 Å². The van der Waals surface area contributed by atoms with Crippen LogP contribution in [0.1, 0.15) is 69.1 Å². The predicted octanol–water partition coefficient (Wildman–Crippen LogP) is 3.41. The summed E-state index contributed by atoms with van der Waals surface area (Å²) in [6.07, 6.45) is 4.88. The molecule has 1 atom stereocenters. The lowest BCUT2D eigenvalue weighted by Gasteiger charge is -2.35. The van der Waals surface area contributed by atoms with Crippen LogP contribution in [0, 0.1) is 0 Å². The van der Waals surface area contributed by atoms with Gasteiger partial charge in [-0.15, -0.1) is 0 Å². The lowest BCUT2D eigenvalue weighted by atomic mass is 9.87. The number of aliphatic hydroxyl groups is 1. The quantitative estimate of drug-likeness (QED) is 0.863. The van der Waals surface area contributed by atoms with Crippen molar-refractivity contribution in [3.63, 3.8) is 0 Å². The number of benzene rings is 1. The number of aryl methyl sites for hydroxylation is 1. The first kappa shape index (κ1) is 17.7. The lowest BCUT2D eigenvalue weighted by molar-refractivity contribution is -0.0608. The van der Waals surface area contributed by atoms with Gasteiger partial charge >= 0.3 is 0 Å². The summed E-state index contributed by atoms with van der Waals surface area (Å²) in [5.74, 6) is 2.40. The molecule has 5 heteroatoms. The summed E-state index contributed by atoms with van der Waals surface area (Å²) in [5, 5.41) is 14.2. The SMILES string of the molecule is CC1(C)C[C@H](c2nc(C3(c4ccccc4)CC3)nn2CCCO)CCO1. The van der Waals surface area contributed by atoms with Gasteiger partial charge in [-0.25, -0.2) is 9.67 Å². The molecular weight excluding hydrogens is 326 g/mol. The summed E-state index contributed by atoms with van der Waals surface area (Å²) in [7, 11) is 0. The van der Waals surface area contributed by atoms with Gasteiger partial charge in [0.1, 0.15) is 5.82 Å². The minimum Gasteiger partial charge on any atom is -0.396 e. The molecule has 5 nitrogen and oxygen atoms in total. The molecule has 26 heavy (non-hydrogen) atoms. The topological polar surface area (TPSA) is 60.2 Å². The minimum absolute atomic E-state index is 0.0127. The maximum absolute atomic E-state index is 9.29. The van der Waals surface area contributed by atoms with Crippen molar-refractivity contribution in [2.24, 2.45) is 0 Å². The number of ether oxygens (including phenoxy) is 1. The molecule has 2 fully saturated rings. The van der Waals surface area contributed by atoms with Crippen LogP contribution in [0.4, 0.5) is 0 Å². The molecule has 1 aromatic carbocycles. The second-order valence-electron chi connectivity index (χ2n) is 8.34. The fraction of sp³-hybridized carbons (Fsp3) is 0.619. The van der Waals surface area contributed by atoms with Gasteiger partial charge < -0.3 is 9.84 Å². The average Bonchev–Trinajstić information content (AvgIpc) is 3.34. The first-order chi connectivity index (χ1) is 12.5. The van der Waals surface area contributed by atoms with Gasteiger partial charge in [-0.2, -0.15) is 5.10 Å². The van der Waals surface area contributed by atoms with Gasteiger partial charge in [0.05, 0.1) is 11.0 Å². The number of aliphatic hydroxyl groups excluding tert-OH is 1. The highest BCUT2D eigenvalue weighted by molar-refractivity contribution is 5.39. The van der Waals surface area contributed by atoms with E-state index in [0.717, 1.165) is 50.5 Å². The van der Waals surface area contributed by atoms with E-state index in [2.05, 4.69) is 48.9 Å². The van der Waals surface area contributed by atoms with Gasteiger partial charge in [-0.05, 0) is 51.5 Å². The molecule has 1 aromatic heterocycles.